The molecule has 1 aromatic carbocycles. The van der Waals surface area contributed by atoms with Crippen LogP contribution in [0.4, 0.5) is 0 Å². The molecule has 3 fully saturated rings. The molecule has 4 rings (SSSR count). The highest BCUT2D eigenvalue weighted by molar-refractivity contribution is 5.34. The van der Waals surface area contributed by atoms with Crippen molar-refractivity contribution in [2.24, 2.45) is 5.92 Å². The van der Waals surface area contributed by atoms with E-state index in [2.05, 4.69) is 42.7 Å². The standard InChI is InChI=1S/C19H27NO/c1-20-17(15-8-13-21-18(14-15)9-5-10-18)19(11-12-19)16-6-3-2-4-7-16/h2-4,6-7,15,17,20H,5,8-14H2,1H3. The van der Waals surface area contributed by atoms with Gasteiger partial charge in [-0.2, -0.15) is 0 Å². The number of nitrogens with one attached hydrogen (secondary N) is 1. The summed E-state index contributed by atoms with van der Waals surface area (Å²) < 4.78 is 6.14. The summed E-state index contributed by atoms with van der Waals surface area (Å²) in [6.07, 6.45) is 9.12. The monoisotopic (exact) mass is 285 g/mol. The first-order chi connectivity index (χ1) is 10.3. The molecule has 2 heteroatoms. The van der Waals surface area contributed by atoms with Crippen molar-refractivity contribution in [1.29, 1.82) is 0 Å². The van der Waals surface area contributed by atoms with E-state index >= 15 is 0 Å². The van der Waals surface area contributed by atoms with Crippen molar-refractivity contribution in [2.45, 2.75) is 62.0 Å². The maximum absolute atomic E-state index is 6.14. The third kappa shape index (κ3) is 2.24. The van der Waals surface area contributed by atoms with E-state index in [1.54, 1.807) is 5.56 Å². The lowest BCUT2D eigenvalue weighted by atomic mass is 9.67. The van der Waals surface area contributed by atoms with Crippen LogP contribution in [0.2, 0.25) is 0 Å². The fourth-order valence-corrected chi connectivity index (χ4v) is 4.92. The van der Waals surface area contributed by atoms with Crippen LogP contribution >= 0.6 is 0 Å². The van der Waals surface area contributed by atoms with Gasteiger partial charge in [0.05, 0.1) is 5.60 Å². The van der Waals surface area contributed by atoms with Gasteiger partial charge in [-0.05, 0) is 63.5 Å². The minimum Gasteiger partial charge on any atom is -0.375 e. The highest BCUT2D eigenvalue weighted by Gasteiger charge is 2.55. The third-order valence-electron chi connectivity index (χ3n) is 6.31. The number of rotatable bonds is 4. The molecule has 2 unspecified atom stereocenters. The third-order valence-corrected chi connectivity index (χ3v) is 6.31. The number of likely N-dealkylation sites (N-methyl/N-ethyl adjacent to an activating group) is 1. The first kappa shape index (κ1) is 13.8. The molecule has 0 radical (unpaired) electrons. The van der Waals surface area contributed by atoms with Crippen LogP contribution in [0, 0.1) is 5.92 Å². The summed E-state index contributed by atoms with van der Waals surface area (Å²) in [6.45, 7) is 0.966. The molecule has 3 aliphatic rings. The van der Waals surface area contributed by atoms with Crippen molar-refractivity contribution in [3.8, 4) is 0 Å². The van der Waals surface area contributed by atoms with Gasteiger partial charge in [0.2, 0.25) is 0 Å². The predicted octanol–water partition coefficient (Wildman–Crippen LogP) is 3.66. The molecule has 1 spiro atoms. The molecule has 1 aromatic rings. The van der Waals surface area contributed by atoms with Crippen molar-refractivity contribution >= 4 is 0 Å². The molecule has 0 aromatic heterocycles. The first-order valence-corrected chi connectivity index (χ1v) is 8.65. The molecule has 114 valence electrons. The van der Waals surface area contributed by atoms with Gasteiger partial charge in [-0.1, -0.05) is 30.3 Å². The minimum absolute atomic E-state index is 0.255. The Kier molecular flexibility index (Phi) is 3.35. The van der Waals surface area contributed by atoms with E-state index in [-0.39, 0.29) is 5.60 Å². The van der Waals surface area contributed by atoms with Crippen LogP contribution in [-0.2, 0) is 10.2 Å². The Labute approximate surface area is 128 Å². The average Bonchev–Trinajstić information content (AvgIpc) is 3.29. The van der Waals surface area contributed by atoms with E-state index in [1.165, 1.54) is 44.9 Å². The summed E-state index contributed by atoms with van der Waals surface area (Å²) in [7, 11) is 2.16. The second-order valence-corrected chi connectivity index (χ2v) is 7.43. The Morgan fingerprint density at radius 2 is 1.90 bits per heavy atom. The molecule has 2 aliphatic carbocycles. The van der Waals surface area contributed by atoms with Gasteiger partial charge in [-0.25, -0.2) is 0 Å². The van der Waals surface area contributed by atoms with Crippen molar-refractivity contribution in [3.63, 3.8) is 0 Å². The van der Waals surface area contributed by atoms with Crippen molar-refractivity contribution in [1.82, 2.24) is 5.32 Å². The fraction of sp³-hybridized carbons (Fsp3) is 0.684. The molecule has 1 N–H and O–H groups in total. The van der Waals surface area contributed by atoms with Gasteiger partial charge >= 0.3 is 0 Å². The number of hydrogen-bond donors (Lipinski definition) is 1. The molecule has 1 aliphatic heterocycles. The molecule has 2 nitrogen and oxygen atoms in total. The predicted molar refractivity (Wildman–Crippen MR) is 85.5 cm³/mol. The maximum Gasteiger partial charge on any atom is 0.0685 e. The van der Waals surface area contributed by atoms with Crippen LogP contribution in [0.15, 0.2) is 30.3 Å². The van der Waals surface area contributed by atoms with Crippen LogP contribution in [0.25, 0.3) is 0 Å². The SMILES string of the molecule is CNC(C1CCOC2(CCC2)C1)C1(c2ccccc2)CC1. The van der Waals surface area contributed by atoms with Crippen LogP contribution < -0.4 is 5.32 Å². The molecular formula is C19H27NO. The van der Waals surface area contributed by atoms with E-state index in [0.29, 0.717) is 11.5 Å². The van der Waals surface area contributed by atoms with E-state index in [1.807, 2.05) is 0 Å². The average molecular weight is 285 g/mol. The number of ether oxygens (including phenoxy) is 1. The summed E-state index contributed by atoms with van der Waals surface area (Å²) in [5, 5.41) is 3.70. The fourth-order valence-electron chi connectivity index (χ4n) is 4.92. The summed E-state index contributed by atoms with van der Waals surface area (Å²) in [4.78, 5) is 0. The first-order valence-electron chi connectivity index (χ1n) is 8.65. The van der Waals surface area contributed by atoms with Gasteiger partial charge in [0.25, 0.3) is 0 Å². The van der Waals surface area contributed by atoms with E-state index in [0.717, 1.165) is 12.5 Å². The van der Waals surface area contributed by atoms with E-state index < -0.39 is 0 Å². The summed E-state index contributed by atoms with van der Waals surface area (Å²) in [5.74, 6) is 0.770. The molecule has 2 atom stereocenters. The second kappa shape index (κ2) is 5.10. The summed E-state index contributed by atoms with van der Waals surface area (Å²) >= 11 is 0. The zero-order chi connectivity index (χ0) is 14.3. The van der Waals surface area contributed by atoms with Crippen molar-refractivity contribution in [2.75, 3.05) is 13.7 Å². The summed E-state index contributed by atoms with van der Waals surface area (Å²) in [6, 6.07) is 11.8. The zero-order valence-corrected chi connectivity index (χ0v) is 13.1. The van der Waals surface area contributed by atoms with Gasteiger partial charge in [0.15, 0.2) is 0 Å². The van der Waals surface area contributed by atoms with Crippen LogP contribution in [0.1, 0.15) is 50.5 Å². The Bertz CT molecular complexity index is 490. The summed E-state index contributed by atoms with van der Waals surface area (Å²) in [5.41, 5.74) is 2.19. The lowest BCUT2D eigenvalue weighted by Gasteiger charge is -2.50. The Balaban J connectivity index is 1.57. The zero-order valence-electron chi connectivity index (χ0n) is 13.1. The number of hydrogen-bond acceptors (Lipinski definition) is 2. The molecule has 2 saturated carbocycles. The quantitative estimate of drug-likeness (QED) is 0.911. The smallest absolute Gasteiger partial charge is 0.0685 e. The van der Waals surface area contributed by atoms with Gasteiger partial charge < -0.3 is 10.1 Å². The molecule has 1 saturated heterocycles. The van der Waals surface area contributed by atoms with Crippen LogP contribution in [-0.4, -0.2) is 25.3 Å². The molecular weight excluding hydrogens is 258 g/mol. The largest absolute Gasteiger partial charge is 0.375 e. The Morgan fingerprint density at radius 1 is 1.14 bits per heavy atom. The van der Waals surface area contributed by atoms with E-state index in [9.17, 15) is 0 Å². The van der Waals surface area contributed by atoms with Gasteiger partial charge in [0, 0.05) is 18.1 Å². The molecule has 21 heavy (non-hydrogen) atoms. The van der Waals surface area contributed by atoms with Crippen molar-refractivity contribution < 1.29 is 4.74 Å². The maximum atomic E-state index is 6.14. The highest BCUT2D eigenvalue weighted by Crippen LogP contribution is 2.55. The Morgan fingerprint density at radius 3 is 2.48 bits per heavy atom. The van der Waals surface area contributed by atoms with Crippen molar-refractivity contribution in [3.05, 3.63) is 35.9 Å². The van der Waals surface area contributed by atoms with Gasteiger partial charge in [0.1, 0.15) is 0 Å². The lowest BCUT2D eigenvalue weighted by Crippen LogP contribution is -2.53. The van der Waals surface area contributed by atoms with Crippen LogP contribution in [0.3, 0.4) is 0 Å². The Hall–Kier alpha value is -0.860. The van der Waals surface area contributed by atoms with Gasteiger partial charge in [-0.3, -0.25) is 0 Å². The lowest BCUT2D eigenvalue weighted by molar-refractivity contribution is -0.148. The normalized spacial score (nSPS) is 30.6. The topological polar surface area (TPSA) is 21.3 Å². The molecule has 1 heterocycles. The minimum atomic E-state index is 0.255. The van der Waals surface area contributed by atoms with Gasteiger partial charge in [-0.15, -0.1) is 0 Å². The molecule has 0 amide bonds. The highest BCUT2D eigenvalue weighted by atomic mass is 16.5. The van der Waals surface area contributed by atoms with Crippen LogP contribution in [0.5, 0.6) is 0 Å². The van der Waals surface area contributed by atoms with E-state index in [4.69, 9.17) is 4.74 Å². The molecule has 0 bridgehead atoms. The number of benzene rings is 1. The second-order valence-electron chi connectivity index (χ2n) is 7.43.